The molecule has 0 amide bonds. The molecule has 0 atom stereocenters. The third kappa shape index (κ3) is 2.31. The van der Waals surface area contributed by atoms with Gasteiger partial charge in [0, 0.05) is 12.0 Å². The smallest absolute Gasteiger partial charge is 0.161 e. The van der Waals surface area contributed by atoms with Crippen molar-refractivity contribution in [3.8, 4) is 0 Å². The number of hydrogen-bond donors (Lipinski definition) is 0. The second-order valence-corrected chi connectivity index (χ2v) is 3.56. The zero-order chi connectivity index (χ0) is 11.4. The summed E-state index contributed by atoms with van der Waals surface area (Å²) < 4.78 is 0. The molecule has 0 N–H and O–H groups in total. The van der Waals surface area contributed by atoms with Crippen LogP contribution in [0.1, 0.15) is 13.3 Å². The first-order valence-electron chi connectivity index (χ1n) is 5.15. The van der Waals surface area contributed by atoms with Crippen LogP contribution < -0.4 is 0 Å². The zero-order valence-corrected chi connectivity index (χ0v) is 9.05. The van der Waals surface area contributed by atoms with Crippen molar-refractivity contribution in [1.82, 2.24) is 0 Å². The second-order valence-electron chi connectivity index (χ2n) is 3.56. The lowest BCUT2D eigenvalue weighted by Gasteiger charge is -1.96. The van der Waals surface area contributed by atoms with E-state index in [4.69, 9.17) is 0 Å². The number of allylic oxidation sites excluding steroid dienone is 3. The van der Waals surface area contributed by atoms with Crippen LogP contribution in [0.2, 0.25) is 0 Å². The maximum Gasteiger partial charge on any atom is 0.161 e. The van der Waals surface area contributed by atoms with E-state index in [1.54, 1.807) is 6.92 Å². The van der Waals surface area contributed by atoms with Crippen molar-refractivity contribution < 1.29 is 4.79 Å². The first kappa shape index (κ1) is 10.5. The summed E-state index contributed by atoms with van der Waals surface area (Å²) in [6, 6.07) is 9.49. The lowest BCUT2D eigenvalue weighted by molar-refractivity contribution is -0.113. The van der Waals surface area contributed by atoms with E-state index in [1.807, 2.05) is 42.5 Å². The topological polar surface area (TPSA) is 41.8 Å². The molecule has 0 saturated heterocycles. The van der Waals surface area contributed by atoms with Gasteiger partial charge in [0.05, 0.1) is 11.4 Å². The molecule has 16 heavy (non-hydrogen) atoms. The normalized spacial score (nSPS) is 15.1. The molecule has 1 aliphatic carbocycles. The van der Waals surface area contributed by atoms with Gasteiger partial charge in [0.1, 0.15) is 0 Å². The highest BCUT2D eigenvalue weighted by Crippen LogP contribution is 2.23. The van der Waals surface area contributed by atoms with Gasteiger partial charge in [0.25, 0.3) is 0 Å². The Morgan fingerprint density at radius 3 is 2.62 bits per heavy atom. The standard InChI is InChI=1S/C13H12N2O/c1-10(16)12-8-5-9-13(12)15-14-11-6-3-2-4-7-11/h2-8H,9H2,1H3. The fourth-order valence-corrected chi connectivity index (χ4v) is 1.52. The van der Waals surface area contributed by atoms with E-state index >= 15 is 0 Å². The van der Waals surface area contributed by atoms with Crippen LogP contribution in [0.5, 0.6) is 0 Å². The van der Waals surface area contributed by atoms with Crippen LogP contribution in [0.15, 0.2) is 64.0 Å². The van der Waals surface area contributed by atoms with Crippen molar-refractivity contribution in [3.05, 3.63) is 53.8 Å². The molecule has 0 aromatic heterocycles. The largest absolute Gasteiger partial charge is 0.294 e. The molecular weight excluding hydrogens is 200 g/mol. The molecule has 3 nitrogen and oxygen atoms in total. The molecule has 3 heteroatoms. The van der Waals surface area contributed by atoms with Crippen molar-refractivity contribution >= 4 is 11.5 Å². The number of ketones is 1. The van der Waals surface area contributed by atoms with Crippen LogP contribution >= 0.6 is 0 Å². The molecule has 1 aliphatic rings. The average molecular weight is 212 g/mol. The maximum absolute atomic E-state index is 11.3. The number of Topliss-reactive ketones (excluding diaryl/α,β-unsaturated/α-hetero) is 1. The fourth-order valence-electron chi connectivity index (χ4n) is 1.52. The summed E-state index contributed by atoms with van der Waals surface area (Å²) in [4.78, 5) is 11.3. The average Bonchev–Trinajstić information content (AvgIpc) is 2.76. The number of nitrogens with zero attached hydrogens (tertiary/aromatic N) is 2. The molecule has 1 aromatic carbocycles. The predicted molar refractivity (Wildman–Crippen MR) is 62.4 cm³/mol. The Labute approximate surface area is 94.2 Å². The van der Waals surface area contributed by atoms with Crippen LogP contribution in [0, 0.1) is 0 Å². The van der Waals surface area contributed by atoms with Gasteiger partial charge in [-0.05, 0) is 19.1 Å². The molecule has 0 fully saturated rings. The first-order chi connectivity index (χ1) is 7.77. The first-order valence-corrected chi connectivity index (χ1v) is 5.15. The summed E-state index contributed by atoms with van der Waals surface area (Å²) in [6.45, 7) is 1.54. The molecular formula is C13H12N2O. The lowest BCUT2D eigenvalue weighted by atomic mass is 10.2. The zero-order valence-electron chi connectivity index (χ0n) is 9.05. The molecule has 0 aliphatic heterocycles. The van der Waals surface area contributed by atoms with Gasteiger partial charge in [-0.1, -0.05) is 30.4 Å². The summed E-state index contributed by atoms with van der Waals surface area (Å²) in [5.74, 6) is 0.0377. The van der Waals surface area contributed by atoms with Crippen molar-refractivity contribution in [1.29, 1.82) is 0 Å². The highest BCUT2D eigenvalue weighted by molar-refractivity contribution is 5.97. The van der Waals surface area contributed by atoms with Crippen LogP contribution in [0.25, 0.3) is 0 Å². The molecule has 0 heterocycles. The van der Waals surface area contributed by atoms with Crippen molar-refractivity contribution in [2.24, 2.45) is 10.2 Å². The highest BCUT2D eigenvalue weighted by Gasteiger charge is 2.12. The lowest BCUT2D eigenvalue weighted by Crippen LogP contribution is -1.93. The minimum atomic E-state index is 0.0377. The second kappa shape index (κ2) is 4.66. The Bertz CT molecular complexity index is 484. The Morgan fingerprint density at radius 2 is 1.94 bits per heavy atom. The summed E-state index contributed by atoms with van der Waals surface area (Å²) in [5.41, 5.74) is 2.21. The van der Waals surface area contributed by atoms with E-state index in [0.29, 0.717) is 12.0 Å². The van der Waals surface area contributed by atoms with Crippen molar-refractivity contribution in [3.63, 3.8) is 0 Å². The number of carbonyl (C=O) groups excluding carboxylic acids is 1. The van der Waals surface area contributed by atoms with Gasteiger partial charge in [-0.2, -0.15) is 10.2 Å². The molecule has 0 radical (unpaired) electrons. The van der Waals surface area contributed by atoms with E-state index in [-0.39, 0.29) is 5.78 Å². The molecule has 2 rings (SSSR count). The number of rotatable bonds is 3. The number of hydrogen-bond acceptors (Lipinski definition) is 3. The number of benzene rings is 1. The van der Waals surface area contributed by atoms with Crippen LogP contribution in [0.4, 0.5) is 5.69 Å². The van der Waals surface area contributed by atoms with E-state index in [9.17, 15) is 4.79 Å². The highest BCUT2D eigenvalue weighted by atomic mass is 16.1. The van der Waals surface area contributed by atoms with Gasteiger partial charge in [0.15, 0.2) is 5.78 Å². The Morgan fingerprint density at radius 1 is 1.19 bits per heavy atom. The minimum Gasteiger partial charge on any atom is -0.294 e. The molecule has 0 saturated carbocycles. The van der Waals surface area contributed by atoms with E-state index in [2.05, 4.69) is 10.2 Å². The molecule has 0 bridgehead atoms. The van der Waals surface area contributed by atoms with E-state index in [0.717, 1.165) is 11.4 Å². The monoisotopic (exact) mass is 212 g/mol. The summed E-state index contributed by atoms with van der Waals surface area (Å²) in [6.07, 6.45) is 4.42. The van der Waals surface area contributed by atoms with Crippen LogP contribution in [-0.4, -0.2) is 5.78 Å². The van der Waals surface area contributed by atoms with Gasteiger partial charge in [-0.25, -0.2) is 0 Å². The van der Waals surface area contributed by atoms with Crippen LogP contribution in [-0.2, 0) is 4.79 Å². The summed E-state index contributed by atoms with van der Waals surface area (Å²) in [7, 11) is 0. The molecule has 0 unspecified atom stereocenters. The summed E-state index contributed by atoms with van der Waals surface area (Å²) in [5, 5.41) is 8.21. The number of carbonyl (C=O) groups is 1. The van der Waals surface area contributed by atoms with E-state index in [1.165, 1.54) is 0 Å². The quantitative estimate of drug-likeness (QED) is 0.706. The maximum atomic E-state index is 11.3. The van der Waals surface area contributed by atoms with Gasteiger partial charge in [0.2, 0.25) is 0 Å². The molecule has 0 spiro atoms. The van der Waals surface area contributed by atoms with Gasteiger partial charge >= 0.3 is 0 Å². The van der Waals surface area contributed by atoms with Crippen molar-refractivity contribution in [2.45, 2.75) is 13.3 Å². The Kier molecular flexibility index (Phi) is 3.05. The van der Waals surface area contributed by atoms with Crippen molar-refractivity contribution in [2.75, 3.05) is 0 Å². The Balaban J connectivity index is 2.20. The van der Waals surface area contributed by atoms with Gasteiger partial charge in [-0.15, -0.1) is 0 Å². The molecule has 80 valence electrons. The predicted octanol–water partition coefficient (Wildman–Crippen LogP) is 3.57. The third-order valence-electron chi connectivity index (χ3n) is 2.33. The fraction of sp³-hybridized carbons (Fsp3) is 0.154. The SMILES string of the molecule is CC(=O)C1=C(N=Nc2ccccc2)CC=C1. The Hall–Kier alpha value is -2.03. The third-order valence-corrected chi connectivity index (χ3v) is 2.33. The molecule has 1 aromatic rings. The van der Waals surface area contributed by atoms with Crippen LogP contribution in [0.3, 0.4) is 0 Å². The summed E-state index contributed by atoms with van der Waals surface area (Å²) >= 11 is 0. The van der Waals surface area contributed by atoms with Gasteiger partial charge in [-0.3, -0.25) is 4.79 Å². The van der Waals surface area contributed by atoms with E-state index < -0.39 is 0 Å². The number of azo groups is 1. The van der Waals surface area contributed by atoms with Gasteiger partial charge < -0.3 is 0 Å². The minimum absolute atomic E-state index is 0.0377.